The molecule has 24 heavy (non-hydrogen) atoms. The number of carbonyl (C=O) groups excluding carboxylic acids is 1. The third kappa shape index (κ3) is 2.57. The third-order valence-corrected chi connectivity index (χ3v) is 5.89. The van der Waals surface area contributed by atoms with Crippen LogP contribution in [0.5, 0.6) is 0 Å². The zero-order valence-electron chi connectivity index (χ0n) is 13.6. The van der Waals surface area contributed by atoms with Crippen LogP contribution >= 0.6 is 11.3 Å². The average Bonchev–Trinajstić information content (AvgIpc) is 2.90. The molecule has 1 aliphatic rings. The summed E-state index contributed by atoms with van der Waals surface area (Å²) in [4.78, 5) is 14.2. The van der Waals surface area contributed by atoms with Crippen molar-refractivity contribution < 1.29 is 4.79 Å². The zero-order valence-corrected chi connectivity index (χ0v) is 14.5. The number of thiophene rings is 1. The van der Waals surface area contributed by atoms with E-state index in [1.165, 1.54) is 4.88 Å². The first-order valence-electron chi connectivity index (χ1n) is 8.32. The van der Waals surface area contributed by atoms with Crippen molar-refractivity contribution in [3.8, 4) is 0 Å². The first-order valence-corrected chi connectivity index (χ1v) is 9.14. The predicted octanol–water partition coefficient (Wildman–Crippen LogP) is 4.86. The monoisotopic (exact) mass is 336 g/mol. The first-order chi connectivity index (χ1) is 11.6. The quantitative estimate of drug-likeness (QED) is 0.702. The predicted molar refractivity (Wildman–Crippen MR) is 102 cm³/mol. The molecule has 4 heteroatoms. The summed E-state index contributed by atoms with van der Waals surface area (Å²) in [5.41, 5.74) is 8.88. The fourth-order valence-corrected chi connectivity index (χ4v) is 4.82. The van der Waals surface area contributed by atoms with E-state index in [0.29, 0.717) is 16.5 Å². The number of hydrogen-bond acceptors (Lipinski definition) is 3. The van der Waals surface area contributed by atoms with Gasteiger partial charge in [-0.3, -0.25) is 4.79 Å². The van der Waals surface area contributed by atoms with Crippen molar-refractivity contribution in [2.45, 2.75) is 26.2 Å². The molecule has 0 unspecified atom stereocenters. The summed E-state index contributed by atoms with van der Waals surface area (Å²) in [6.07, 6.45) is 3.10. The molecular weight excluding hydrogens is 316 g/mol. The molecule has 0 saturated heterocycles. The molecular formula is C20H20N2OS. The molecule has 3 aromatic rings. The van der Waals surface area contributed by atoms with Gasteiger partial charge in [0.05, 0.1) is 10.6 Å². The van der Waals surface area contributed by atoms with Crippen LogP contribution in [-0.4, -0.2) is 5.91 Å². The molecule has 1 aliphatic carbocycles. The molecule has 2 aromatic carbocycles. The van der Waals surface area contributed by atoms with Crippen molar-refractivity contribution in [3.05, 3.63) is 58.5 Å². The third-order valence-electron chi connectivity index (χ3n) is 4.80. The minimum atomic E-state index is -0.0871. The van der Waals surface area contributed by atoms with E-state index in [1.807, 2.05) is 42.5 Å². The summed E-state index contributed by atoms with van der Waals surface area (Å²) in [5.74, 6) is 0.584. The number of nitrogen functional groups attached to an aromatic ring is 1. The smallest absolute Gasteiger partial charge is 0.258 e. The van der Waals surface area contributed by atoms with Crippen molar-refractivity contribution in [2.75, 3.05) is 11.1 Å². The van der Waals surface area contributed by atoms with Crippen LogP contribution in [0.4, 0.5) is 10.7 Å². The van der Waals surface area contributed by atoms with Crippen LogP contribution in [0.25, 0.3) is 10.8 Å². The van der Waals surface area contributed by atoms with Gasteiger partial charge in [0.15, 0.2) is 0 Å². The summed E-state index contributed by atoms with van der Waals surface area (Å²) >= 11 is 1.58. The second-order valence-electron chi connectivity index (χ2n) is 6.57. The fraction of sp³-hybridized carbons (Fsp3) is 0.250. The number of anilines is 2. The Hall–Kier alpha value is -2.33. The Kier molecular flexibility index (Phi) is 3.77. The van der Waals surface area contributed by atoms with Crippen LogP contribution in [-0.2, 0) is 12.8 Å². The topological polar surface area (TPSA) is 55.1 Å². The SMILES string of the molecule is C[C@@H]1CCc2c(sc(N)c2C(=O)Nc2cccc3ccccc23)C1. The molecule has 4 rings (SSSR count). The highest BCUT2D eigenvalue weighted by Gasteiger charge is 2.26. The Morgan fingerprint density at radius 3 is 2.88 bits per heavy atom. The molecule has 122 valence electrons. The number of rotatable bonds is 2. The van der Waals surface area contributed by atoms with Gasteiger partial charge >= 0.3 is 0 Å². The highest BCUT2D eigenvalue weighted by Crippen LogP contribution is 2.38. The molecule has 0 aliphatic heterocycles. The van der Waals surface area contributed by atoms with Crippen LogP contribution in [0.3, 0.4) is 0 Å². The van der Waals surface area contributed by atoms with E-state index < -0.39 is 0 Å². The van der Waals surface area contributed by atoms with Crippen molar-refractivity contribution in [3.63, 3.8) is 0 Å². The summed E-state index contributed by atoms with van der Waals surface area (Å²) < 4.78 is 0. The molecule has 1 amide bonds. The number of fused-ring (bicyclic) bond motifs is 2. The number of benzene rings is 2. The molecule has 1 heterocycles. The second kappa shape index (κ2) is 5.95. The standard InChI is InChI=1S/C20H20N2OS/c1-12-9-10-15-17(11-12)24-19(21)18(15)20(23)22-16-8-4-6-13-5-2-3-7-14(13)16/h2-8,12H,9-11,21H2,1H3,(H,22,23)/t12-/m1/s1. The zero-order chi connectivity index (χ0) is 16.7. The Labute approximate surface area is 145 Å². The number of carbonyl (C=O) groups is 1. The van der Waals surface area contributed by atoms with Gasteiger partial charge in [-0.2, -0.15) is 0 Å². The molecule has 0 bridgehead atoms. The van der Waals surface area contributed by atoms with Crippen molar-refractivity contribution in [1.29, 1.82) is 0 Å². The summed E-state index contributed by atoms with van der Waals surface area (Å²) in [5, 5.41) is 5.88. The molecule has 1 atom stereocenters. The lowest BCUT2D eigenvalue weighted by molar-refractivity contribution is 0.102. The first kappa shape index (κ1) is 15.2. The fourth-order valence-electron chi connectivity index (χ4n) is 3.54. The van der Waals surface area contributed by atoms with Gasteiger partial charge in [-0.25, -0.2) is 0 Å². The maximum absolute atomic E-state index is 12.9. The molecule has 0 spiro atoms. The highest BCUT2D eigenvalue weighted by atomic mass is 32.1. The Bertz CT molecular complexity index is 923. The minimum Gasteiger partial charge on any atom is -0.390 e. The van der Waals surface area contributed by atoms with Gasteiger partial charge in [0.1, 0.15) is 0 Å². The molecule has 0 fully saturated rings. The van der Waals surface area contributed by atoms with Gasteiger partial charge in [0, 0.05) is 16.0 Å². The van der Waals surface area contributed by atoms with Crippen LogP contribution in [0, 0.1) is 5.92 Å². The van der Waals surface area contributed by atoms with Crippen molar-refractivity contribution in [1.82, 2.24) is 0 Å². The highest BCUT2D eigenvalue weighted by molar-refractivity contribution is 7.16. The minimum absolute atomic E-state index is 0.0871. The molecule has 1 aromatic heterocycles. The summed E-state index contributed by atoms with van der Waals surface area (Å²) in [7, 11) is 0. The number of nitrogens with one attached hydrogen (secondary N) is 1. The van der Waals surface area contributed by atoms with E-state index in [-0.39, 0.29) is 5.91 Å². The second-order valence-corrected chi connectivity index (χ2v) is 7.71. The van der Waals surface area contributed by atoms with Crippen LogP contribution < -0.4 is 11.1 Å². The van der Waals surface area contributed by atoms with E-state index in [9.17, 15) is 4.79 Å². The number of nitrogens with two attached hydrogens (primary N) is 1. The van der Waals surface area contributed by atoms with Gasteiger partial charge < -0.3 is 11.1 Å². The molecule has 3 N–H and O–H groups in total. The Balaban J connectivity index is 1.70. The van der Waals surface area contributed by atoms with Gasteiger partial charge in [-0.05, 0) is 42.2 Å². The normalized spacial score (nSPS) is 16.8. The van der Waals surface area contributed by atoms with Crippen LogP contribution in [0.1, 0.15) is 34.1 Å². The lowest BCUT2D eigenvalue weighted by atomic mass is 9.88. The Morgan fingerprint density at radius 2 is 2.00 bits per heavy atom. The van der Waals surface area contributed by atoms with Gasteiger partial charge in [-0.1, -0.05) is 43.3 Å². The number of hydrogen-bond donors (Lipinski definition) is 2. The van der Waals surface area contributed by atoms with Crippen LogP contribution in [0.15, 0.2) is 42.5 Å². The van der Waals surface area contributed by atoms with E-state index in [1.54, 1.807) is 11.3 Å². The van der Waals surface area contributed by atoms with Crippen LogP contribution in [0.2, 0.25) is 0 Å². The molecule has 3 nitrogen and oxygen atoms in total. The largest absolute Gasteiger partial charge is 0.390 e. The number of amides is 1. The maximum Gasteiger partial charge on any atom is 0.258 e. The van der Waals surface area contributed by atoms with E-state index in [4.69, 9.17) is 5.73 Å². The van der Waals surface area contributed by atoms with Gasteiger partial charge in [0.2, 0.25) is 0 Å². The molecule has 0 saturated carbocycles. The summed E-state index contributed by atoms with van der Waals surface area (Å²) in [6.45, 7) is 2.26. The van der Waals surface area contributed by atoms with E-state index >= 15 is 0 Å². The summed E-state index contributed by atoms with van der Waals surface area (Å²) in [6, 6.07) is 14.0. The van der Waals surface area contributed by atoms with Crippen molar-refractivity contribution >= 4 is 38.7 Å². The lowest BCUT2D eigenvalue weighted by Crippen LogP contribution is -2.17. The lowest BCUT2D eigenvalue weighted by Gasteiger charge is -2.18. The van der Waals surface area contributed by atoms with Crippen molar-refractivity contribution in [2.24, 2.45) is 5.92 Å². The average molecular weight is 336 g/mol. The maximum atomic E-state index is 12.9. The van der Waals surface area contributed by atoms with E-state index in [0.717, 1.165) is 41.3 Å². The Morgan fingerprint density at radius 1 is 1.21 bits per heavy atom. The van der Waals surface area contributed by atoms with E-state index in [2.05, 4.69) is 12.2 Å². The van der Waals surface area contributed by atoms with Gasteiger partial charge in [0.25, 0.3) is 5.91 Å². The van der Waals surface area contributed by atoms with Gasteiger partial charge in [-0.15, -0.1) is 11.3 Å². The molecule has 0 radical (unpaired) electrons.